The van der Waals surface area contributed by atoms with Gasteiger partial charge in [-0.25, -0.2) is 0 Å². The SMILES string of the molecule is COCCN(CCOC)CC(Cl)C#N. The Labute approximate surface area is 90.3 Å². The van der Waals surface area contributed by atoms with Gasteiger partial charge in [-0.05, 0) is 0 Å². The topological polar surface area (TPSA) is 45.5 Å². The van der Waals surface area contributed by atoms with E-state index in [9.17, 15) is 0 Å². The van der Waals surface area contributed by atoms with Gasteiger partial charge in [0.25, 0.3) is 0 Å². The maximum atomic E-state index is 8.56. The van der Waals surface area contributed by atoms with E-state index in [4.69, 9.17) is 26.3 Å². The molecule has 0 fully saturated rings. The van der Waals surface area contributed by atoms with Gasteiger partial charge in [0, 0.05) is 33.9 Å². The Bertz CT molecular complexity index is 165. The lowest BCUT2D eigenvalue weighted by atomic mass is 10.4. The summed E-state index contributed by atoms with van der Waals surface area (Å²) in [5.41, 5.74) is 0. The molecule has 0 saturated carbocycles. The molecule has 0 amide bonds. The van der Waals surface area contributed by atoms with Gasteiger partial charge in [-0.15, -0.1) is 11.6 Å². The van der Waals surface area contributed by atoms with Crippen LogP contribution in [0.25, 0.3) is 0 Å². The fourth-order valence-electron chi connectivity index (χ4n) is 1.00. The average molecular weight is 221 g/mol. The van der Waals surface area contributed by atoms with Crippen molar-refractivity contribution in [1.82, 2.24) is 4.90 Å². The smallest absolute Gasteiger partial charge is 0.133 e. The molecule has 14 heavy (non-hydrogen) atoms. The first-order valence-electron chi connectivity index (χ1n) is 4.48. The van der Waals surface area contributed by atoms with Gasteiger partial charge in [0.05, 0.1) is 19.3 Å². The van der Waals surface area contributed by atoms with Crippen LogP contribution in [-0.2, 0) is 9.47 Å². The predicted molar refractivity (Wildman–Crippen MR) is 55.4 cm³/mol. The lowest BCUT2D eigenvalue weighted by Gasteiger charge is -2.21. The average Bonchev–Trinajstić information content (AvgIpc) is 2.21. The molecular formula is C9H17ClN2O2. The minimum Gasteiger partial charge on any atom is -0.383 e. The molecule has 0 aromatic carbocycles. The Balaban J connectivity index is 3.78. The largest absolute Gasteiger partial charge is 0.383 e. The number of nitriles is 1. The van der Waals surface area contributed by atoms with Crippen molar-refractivity contribution in [3.05, 3.63) is 0 Å². The van der Waals surface area contributed by atoms with Crippen LogP contribution in [0.4, 0.5) is 0 Å². The van der Waals surface area contributed by atoms with Crippen molar-refractivity contribution in [2.45, 2.75) is 5.38 Å². The maximum Gasteiger partial charge on any atom is 0.133 e. The Kier molecular flexibility index (Phi) is 9.00. The summed E-state index contributed by atoms with van der Waals surface area (Å²) in [4.78, 5) is 2.05. The Morgan fingerprint density at radius 3 is 2.14 bits per heavy atom. The van der Waals surface area contributed by atoms with Crippen LogP contribution in [0.5, 0.6) is 0 Å². The van der Waals surface area contributed by atoms with Gasteiger partial charge in [-0.3, -0.25) is 4.90 Å². The molecule has 1 atom stereocenters. The molecule has 0 aromatic heterocycles. The third kappa shape index (κ3) is 7.10. The summed E-state index contributed by atoms with van der Waals surface area (Å²) in [6.07, 6.45) is 0. The van der Waals surface area contributed by atoms with Gasteiger partial charge in [0.1, 0.15) is 5.38 Å². The van der Waals surface area contributed by atoms with Crippen molar-refractivity contribution in [2.75, 3.05) is 47.1 Å². The molecule has 0 aromatic rings. The number of alkyl halides is 1. The fourth-order valence-corrected chi connectivity index (χ4v) is 1.20. The number of nitrogens with zero attached hydrogens (tertiary/aromatic N) is 2. The molecule has 0 radical (unpaired) electrons. The quantitative estimate of drug-likeness (QED) is 0.566. The highest BCUT2D eigenvalue weighted by molar-refractivity contribution is 6.22. The molecule has 1 unspecified atom stereocenters. The third-order valence-electron chi connectivity index (χ3n) is 1.78. The summed E-state index contributed by atoms with van der Waals surface area (Å²) in [7, 11) is 3.30. The van der Waals surface area contributed by atoms with Crippen LogP contribution in [0, 0.1) is 11.3 Å². The molecule has 0 aliphatic rings. The Morgan fingerprint density at radius 2 is 1.79 bits per heavy atom. The molecular weight excluding hydrogens is 204 g/mol. The first kappa shape index (κ1) is 13.7. The van der Waals surface area contributed by atoms with Gasteiger partial charge in [0.15, 0.2) is 0 Å². The first-order chi connectivity index (χ1) is 6.74. The normalized spacial score (nSPS) is 12.8. The van der Waals surface area contributed by atoms with Crippen LogP contribution in [0.15, 0.2) is 0 Å². The van der Waals surface area contributed by atoms with E-state index in [1.807, 2.05) is 11.0 Å². The summed E-state index contributed by atoms with van der Waals surface area (Å²) in [5.74, 6) is 0. The van der Waals surface area contributed by atoms with Crippen molar-refractivity contribution in [3.8, 4) is 6.07 Å². The van der Waals surface area contributed by atoms with Crippen LogP contribution in [0.2, 0.25) is 0 Å². The Morgan fingerprint density at radius 1 is 1.29 bits per heavy atom. The molecule has 0 heterocycles. The van der Waals surface area contributed by atoms with Crippen LogP contribution in [0.1, 0.15) is 0 Å². The summed E-state index contributed by atoms with van der Waals surface area (Å²) in [6, 6.07) is 1.99. The summed E-state index contributed by atoms with van der Waals surface area (Å²) in [5, 5.41) is 8.09. The minimum atomic E-state index is -0.469. The second-order valence-corrected chi connectivity index (χ2v) is 3.41. The summed E-state index contributed by atoms with van der Waals surface area (Å²) >= 11 is 5.73. The Hall–Kier alpha value is -0.340. The molecule has 5 heteroatoms. The number of hydrogen-bond acceptors (Lipinski definition) is 4. The van der Waals surface area contributed by atoms with E-state index in [1.165, 1.54) is 0 Å². The number of rotatable bonds is 8. The molecule has 0 rings (SSSR count). The number of methoxy groups -OCH3 is 2. The minimum absolute atomic E-state index is 0.469. The van der Waals surface area contributed by atoms with E-state index in [-0.39, 0.29) is 0 Å². The number of halogens is 1. The number of ether oxygens (including phenoxy) is 2. The van der Waals surface area contributed by atoms with E-state index in [1.54, 1.807) is 14.2 Å². The standard InChI is InChI=1S/C9H17ClN2O2/c1-13-5-3-12(4-6-14-2)8-9(10)7-11/h9H,3-6,8H2,1-2H3. The van der Waals surface area contributed by atoms with Crippen molar-refractivity contribution in [3.63, 3.8) is 0 Å². The van der Waals surface area contributed by atoms with Crippen molar-refractivity contribution in [2.24, 2.45) is 0 Å². The van der Waals surface area contributed by atoms with Crippen LogP contribution < -0.4 is 0 Å². The summed E-state index contributed by atoms with van der Waals surface area (Å²) in [6.45, 7) is 3.36. The zero-order valence-electron chi connectivity index (χ0n) is 8.70. The lowest BCUT2D eigenvalue weighted by molar-refractivity contribution is 0.116. The summed E-state index contributed by atoms with van der Waals surface area (Å²) < 4.78 is 9.92. The molecule has 82 valence electrons. The van der Waals surface area contributed by atoms with Gasteiger partial charge >= 0.3 is 0 Å². The maximum absolute atomic E-state index is 8.56. The zero-order valence-corrected chi connectivity index (χ0v) is 9.46. The van der Waals surface area contributed by atoms with Gasteiger partial charge in [-0.2, -0.15) is 5.26 Å². The van der Waals surface area contributed by atoms with Gasteiger partial charge in [-0.1, -0.05) is 0 Å². The van der Waals surface area contributed by atoms with Crippen LogP contribution in [0.3, 0.4) is 0 Å². The fraction of sp³-hybridized carbons (Fsp3) is 0.889. The van der Waals surface area contributed by atoms with E-state index in [0.717, 1.165) is 13.1 Å². The highest BCUT2D eigenvalue weighted by Gasteiger charge is 2.10. The molecule has 0 spiro atoms. The van der Waals surface area contributed by atoms with Crippen molar-refractivity contribution < 1.29 is 9.47 Å². The van der Waals surface area contributed by atoms with Crippen LogP contribution >= 0.6 is 11.6 Å². The second kappa shape index (κ2) is 9.22. The molecule has 0 N–H and O–H groups in total. The first-order valence-corrected chi connectivity index (χ1v) is 4.92. The second-order valence-electron chi connectivity index (χ2n) is 2.88. The molecule has 0 aliphatic carbocycles. The van der Waals surface area contributed by atoms with Gasteiger partial charge < -0.3 is 9.47 Å². The molecule has 4 nitrogen and oxygen atoms in total. The van der Waals surface area contributed by atoms with E-state index >= 15 is 0 Å². The van der Waals surface area contributed by atoms with E-state index in [2.05, 4.69) is 0 Å². The van der Waals surface area contributed by atoms with E-state index in [0.29, 0.717) is 19.8 Å². The zero-order chi connectivity index (χ0) is 10.8. The van der Waals surface area contributed by atoms with Crippen molar-refractivity contribution >= 4 is 11.6 Å². The third-order valence-corrected chi connectivity index (χ3v) is 2.02. The number of hydrogen-bond donors (Lipinski definition) is 0. The monoisotopic (exact) mass is 220 g/mol. The predicted octanol–water partition coefficient (Wildman–Crippen LogP) is 0.712. The van der Waals surface area contributed by atoms with Crippen molar-refractivity contribution in [1.29, 1.82) is 5.26 Å². The molecule has 0 aliphatic heterocycles. The highest BCUT2D eigenvalue weighted by Crippen LogP contribution is 1.98. The lowest BCUT2D eigenvalue weighted by Crippen LogP contribution is -2.35. The molecule has 0 bridgehead atoms. The van der Waals surface area contributed by atoms with E-state index < -0.39 is 5.38 Å². The van der Waals surface area contributed by atoms with Crippen LogP contribution in [-0.4, -0.2) is 57.3 Å². The molecule has 0 saturated heterocycles. The van der Waals surface area contributed by atoms with Gasteiger partial charge in [0.2, 0.25) is 0 Å². The highest BCUT2D eigenvalue weighted by atomic mass is 35.5.